The quantitative estimate of drug-likeness (QED) is 0.106. The number of nitrogens with one attached hydrogen (secondary N) is 3. The number of carboxylic acid groups (broad SMARTS) is 1. The van der Waals surface area contributed by atoms with Crippen LogP contribution in [0.3, 0.4) is 0 Å². The van der Waals surface area contributed by atoms with Crippen LogP contribution in [-0.2, 0) is 39.7 Å². The van der Waals surface area contributed by atoms with E-state index in [-0.39, 0.29) is 60.3 Å². The molecule has 6 aliphatic heterocycles. The van der Waals surface area contributed by atoms with Crippen LogP contribution in [0.25, 0.3) is 0 Å². The molecule has 0 aliphatic carbocycles. The summed E-state index contributed by atoms with van der Waals surface area (Å²) in [4.78, 5) is 66.1. The number of ether oxygens (including phenoxy) is 2. The van der Waals surface area contributed by atoms with Crippen molar-refractivity contribution in [1.82, 2.24) is 30.7 Å². The molecule has 4 aromatic carbocycles. The number of amides is 3. The van der Waals surface area contributed by atoms with E-state index in [4.69, 9.17) is 65.9 Å². The lowest BCUT2D eigenvalue weighted by Crippen LogP contribution is -2.57. The maximum Gasteiger partial charge on any atom is 0.344 e. The van der Waals surface area contributed by atoms with Gasteiger partial charge in [-0.3, -0.25) is 14.4 Å². The molecule has 0 saturated carbocycles. The summed E-state index contributed by atoms with van der Waals surface area (Å²) >= 11 is 27.3. The van der Waals surface area contributed by atoms with E-state index in [0.29, 0.717) is 61.4 Å². The van der Waals surface area contributed by atoms with Crippen molar-refractivity contribution in [3.63, 3.8) is 0 Å². The van der Waals surface area contributed by atoms with Gasteiger partial charge < -0.3 is 45.2 Å². The zero-order valence-corrected chi connectivity index (χ0v) is 48.6. The molecule has 10 rings (SSSR count). The molecule has 3 amide bonds. The fraction of sp³-hybridized carbons (Fsp3) is 0.393. The molecule has 2 fully saturated rings. The van der Waals surface area contributed by atoms with E-state index in [1.54, 1.807) is 19.1 Å². The fourth-order valence-electron chi connectivity index (χ4n) is 10.5. The van der Waals surface area contributed by atoms with E-state index in [1.807, 2.05) is 111 Å². The Morgan fingerprint density at radius 1 is 0.649 bits per heavy atom. The molecule has 4 aromatic rings. The van der Waals surface area contributed by atoms with E-state index in [1.165, 1.54) is 23.5 Å². The van der Waals surface area contributed by atoms with Gasteiger partial charge >= 0.3 is 5.97 Å². The highest BCUT2D eigenvalue weighted by Crippen LogP contribution is 2.58. The van der Waals surface area contributed by atoms with Crippen LogP contribution in [0.15, 0.2) is 128 Å². The Labute approximate surface area is 478 Å². The summed E-state index contributed by atoms with van der Waals surface area (Å²) in [6, 6.07) is 30.5. The van der Waals surface area contributed by atoms with Gasteiger partial charge in [-0.05, 0) is 120 Å². The zero-order chi connectivity index (χ0) is 55.5. The molecule has 0 radical (unpaired) electrons. The lowest BCUT2D eigenvalue weighted by atomic mass is 9.81. The molecule has 15 nitrogen and oxygen atoms in total. The number of fused-ring (bicyclic) bond motifs is 2. The number of thioether (sulfide) groups is 2. The van der Waals surface area contributed by atoms with Gasteiger partial charge in [0.15, 0.2) is 10.3 Å². The maximum atomic E-state index is 13.9. The number of amidine groups is 2. The number of aliphatic carboxylic acids is 1. The highest BCUT2D eigenvalue weighted by atomic mass is 35.5. The summed E-state index contributed by atoms with van der Waals surface area (Å²) in [5.74, 6) is -1.15. The van der Waals surface area contributed by atoms with E-state index < -0.39 is 17.0 Å². The first-order valence-corrected chi connectivity index (χ1v) is 28.3. The largest absolute Gasteiger partial charge is 0.477 e. The van der Waals surface area contributed by atoms with Crippen LogP contribution in [0, 0.1) is 11.8 Å². The molecule has 21 heteroatoms. The highest BCUT2D eigenvalue weighted by Gasteiger charge is 2.55. The van der Waals surface area contributed by atoms with Crippen LogP contribution in [0.2, 0.25) is 20.1 Å². The summed E-state index contributed by atoms with van der Waals surface area (Å²) < 4.78 is 10.1. The van der Waals surface area contributed by atoms with E-state index in [9.17, 15) is 24.3 Å². The number of carbonyl (C=O) groups is 4. The number of benzene rings is 4. The topological polar surface area (TPSA) is 177 Å². The van der Waals surface area contributed by atoms with Gasteiger partial charge in [0.1, 0.15) is 20.9 Å². The van der Waals surface area contributed by atoms with Crippen LogP contribution in [-0.4, -0.2) is 120 Å². The van der Waals surface area contributed by atoms with Crippen molar-refractivity contribution in [2.45, 2.75) is 76.8 Å². The Bertz CT molecular complexity index is 3000. The average Bonchev–Trinajstić information content (AvgIpc) is 4.26. The number of rotatable bonds is 12. The number of methoxy groups -OCH3 is 2. The maximum absolute atomic E-state index is 13.9. The van der Waals surface area contributed by atoms with Crippen LogP contribution in [0.4, 0.5) is 0 Å². The highest BCUT2D eigenvalue weighted by molar-refractivity contribution is 8.18. The second-order valence-electron chi connectivity index (χ2n) is 20.2. The normalized spacial score (nSPS) is 24.7. The Hall–Kier alpha value is -5.08. The molecule has 0 spiro atoms. The minimum atomic E-state index is -0.918. The number of aliphatic imine (C=N–C) groups is 2. The Morgan fingerprint density at radius 2 is 1.05 bits per heavy atom. The zero-order valence-electron chi connectivity index (χ0n) is 43.9. The fourth-order valence-corrected chi connectivity index (χ4v) is 13.7. The summed E-state index contributed by atoms with van der Waals surface area (Å²) in [6.07, 6.45) is 0. The van der Waals surface area contributed by atoms with Crippen LogP contribution in [0.5, 0.6) is 0 Å². The molecule has 6 heterocycles. The molecular weight excluding hydrogens is 1100 g/mol. The lowest BCUT2D eigenvalue weighted by molar-refractivity contribution is -0.137. The van der Waals surface area contributed by atoms with Gasteiger partial charge in [0.05, 0.1) is 50.5 Å². The first-order chi connectivity index (χ1) is 36.7. The van der Waals surface area contributed by atoms with Crippen molar-refractivity contribution in [1.29, 1.82) is 0 Å². The lowest BCUT2D eigenvalue weighted by Gasteiger charge is -2.37. The van der Waals surface area contributed by atoms with Crippen LogP contribution >= 0.6 is 69.9 Å². The molecule has 4 N–H and O–H groups in total. The van der Waals surface area contributed by atoms with Gasteiger partial charge in [0.2, 0.25) is 11.8 Å². The molecule has 2 saturated heterocycles. The van der Waals surface area contributed by atoms with E-state index in [2.05, 4.69) is 53.4 Å². The van der Waals surface area contributed by atoms with Crippen LogP contribution < -0.4 is 16.0 Å². The van der Waals surface area contributed by atoms with Crippen molar-refractivity contribution >= 4 is 104 Å². The molecule has 77 heavy (non-hydrogen) atoms. The van der Waals surface area contributed by atoms with Gasteiger partial charge in [0, 0.05) is 58.8 Å². The molecule has 6 aliphatic rings. The molecule has 0 aromatic heterocycles. The van der Waals surface area contributed by atoms with Crippen molar-refractivity contribution < 1.29 is 33.8 Å². The van der Waals surface area contributed by atoms with Crippen molar-refractivity contribution in [3.8, 4) is 0 Å². The SMILES string of the molecule is CC(C)C1=C(C(=O)O)SC2=N[C@@](C)(c3ccc(Cl)cc3)[C@@H](c3ccc(Cl)cc3)N21.COC[C@H]1CN(C(=O)C2=C(C(C)C)N3C(=N[C@@](C)(c4ccc(Cl)cc4)[C@H]3c3ccc(Cl)cc3)S2)CC(=O)N1.COC[C@H]1CNCC(=O)N1. The van der Waals surface area contributed by atoms with Crippen molar-refractivity contribution in [3.05, 3.63) is 161 Å². The second kappa shape index (κ2) is 24.5. The summed E-state index contributed by atoms with van der Waals surface area (Å²) in [5, 5.41) is 22.5. The number of nitrogens with zero attached hydrogens (tertiary/aromatic N) is 5. The monoisotopic (exact) mass is 1160 g/mol. The minimum absolute atomic E-state index is 0.0179. The number of carbonyl (C=O) groups excluding carboxylic acids is 3. The molecular formula is C56H62Cl4N8O7S2. The van der Waals surface area contributed by atoms with Gasteiger partial charge in [-0.1, -0.05) is 123 Å². The summed E-state index contributed by atoms with van der Waals surface area (Å²) in [6.45, 7) is 15.0. The first-order valence-electron chi connectivity index (χ1n) is 25.1. The number of piperazine rings is 2. The number of hydrogen-bond acceptors (Lipinski definition) is 13. The third kappa shape index (κ3) is 12.4. The summed E-state index contributed by atoms with van der Waals surface area (Å²) in [5.41, 5.74) is 4.56. The third-order valence-electron chi connectivity index (χ3n) is 13.9. The molecule has 0 bridgehead atoms. The van der Waals surface area contributed by atoms with E-state index in [0.717, 1.165) is 45.4 Å². The Balaban J connectivity index is 0.000000177. The number of carboxylic acids is 1. The first kappa shape index (κ1) is 58.1. The van der Waals surface area contributed by atoms with Gasteiger partial charge in [-0.15, -0.1) is 0 Å². The number of halogens is 4. The molecule has 408 valence electrons. The third-order valence-corrected chi connectivity index (χ3v) is 17.1. The van der Waals surface area contributed by atoms with Gasteiger partial charge in [-0.2, -0.15) is 0 Å². The molecule has 6 atom stereocenters. The standard InChI is InChI=1S/C28H30Cl2N4O3S.C22H20Cl2N2O2S.C6H12N2O2/c1-16(2)23-24(26(36)33-13-21(15-37-4)31-22(35)14-33)38-27-32-28(3,18-7-11-20(30)12-8-18)25(34(23)27)17-5-9-19(29)10-6-17;1-12(2)17-18(20(27)28)29-21-25-22(3,14-6-10-16(24)11-7-14)19(26(17)21)13-4-8-15(23)9-5-13;1-10-4-5-2-7-3-6(9)8-5/h5-12,16,21,25H,13-15H2,1-4H3,(H,31,35);4-12,19H,1-3H3,(H,27,28);5,7H,2-4H2,1H3,(H,8,9)/t21-,25-,28+;19-,22+;5-/m111/s1. The average molecular weight is 1170 g/mol. The number of hydrogen-bond donors (Lipinski definition) is 4. The van der Waals surface area contributed by atoms with Crippen LogP contribution in [0.1, 0.15) is 75.9 Å². The Morgan fingerprint density at radius 3 is 1.47 bits per heavy atom. The predicted molar refractivity (Wildman–Crippen MR) is 308 cm³/mol. The number of allylic oxidation sites excluding steroid dienone is 2. The van der Waals surface area contributed by atoms with Crippen molar-refractivity contribution in [2.75, 3.05) is 53.6 Å². The van der Waals surface area contributed by atoms with Gasteiger partial charge in [-0.25, -0.2) is 14.8 Å². The smallest absolute Gasteiger partial charge is 0.344 e. The predicted octanol–water partition coefficient (Wildman–Crippen LogP) is 10.3. The molecule has 0 unspecified atom stereocenters. The van der Waals surface area contributed by atoms with Gasteiger partial charge in [0.25, 0.3) is 5.91 Å². The van der Waals surface area contributed by atoms with Crippen molar-refractivity contribution in [2.24, 2.45) is 21.8 Å². The summed E-state index contributed by atoms with van der Waals surface area (Å²) in [7, 11) is 3.21. The Kier molecular flexibility index (Phi) is 18.5. The van der Waals surface area contributed by atoms with E-state index >= 15 is 0 Å². The second-order valence-corrected chi connectivity index (χ2v) is 24.0. The minimum Gasteiger partial charge on any atom is -0.477 e.